The lowest BCUT2D eigenvalue weighted by atomic mass is 10.1. The van der Waals surface area contributed by atoms with Crippen LogP contribution < -0.4 is 5.32 Å². The maximum absolute atomic E-state index is 13.7. The molecule has 2 aromatic carbocycles. The molecule has 0 aliphatic carbocycles. The molecule has 136 valence electrons. The molecule has 0 unspecified atom stereocenters. The van der Waals surface area contributed by atoms with E-state index in [2.05, 4.69) is 15.5 Å². The SMILES string of the molecule is CCS(=O)(=O)c1ccc(CNc2nnc(Cc3ccccc3F)s2)cc1. The van der Waals surface area contributed by atoms with Gasteiger partial charge in [-0.05, 0) is 29.3 Å². The molecule has 1 heterocycles. The zero-order chi connectivity index (χ0) is 18.6. The largest absolute Gasteiger partial charge is 0.356 e. The van der Waals surface area contributed by atoms with Gasteiger partial charge < -0.3 is 5.32 Å². The zero-order valence-electron chi connectivity index (χ0n) is 14.1. The summed E-state index contributed by atoms with van der Waals surface area (Å²) in [5, 5.41) is 12.7. The zero-order valence-corrected chi connectivity index (χ0v) is 15.8. The number of aromatic nitrogens is 2. The first-order valence-corrected chi connectivity index (χ1v) is 10.6. The number of nitrogens with zero attached hydrogens (tertiary/aromatic N) is 2. The second kappa shape index (κ2) is 7.92. The van der Waals surface area contributed by atoms with Crippen molar-refractivity contribution in [1.82, 2.24) is 10.2 Å². The minimum atomic E-state index is -3.18. The van der Waals surface area contributed by atoms with Crippen molar-refractivity contribution < 1.29 is 12.8 Å². The van der Waals surface area contributed by atoms with Crippen molar-refractivity contribution in [3.8, 4) is 0 Å². The van der Waals surface area contributed by atoms with E-state index < -0.39 is 9.84 Å². The van der Waals surface area contributed by atoms with Crippen LogP contribution in [0.15, 0.2) is 53.4 Å². The molecule has 0 radical (unpaired) electrons. The highest BCUT2D eigenvalue weighted by Crippen LogP contribution is 2.21. The number of sulfone groups is 1. The van der Waals surface area contributed by atoms with E-state index in [0.717, 1.165) is 10.6 Å². The van der Waals surface area contributed by atoms with Gasteiger partial charge in [0.25, 0.3) is 0 Å². The minimum Gasteiger partial charge on any atom is -0.356 e. The third kappa shape index (κ3) is 4.44. The van der Waals surface area contributed by atoms with E-state index in [-0.39, 0.29) is 11.6 Å². The van der Waals surface area contributed by atoms with Gasteiger partial charge in [-0.3, -0.25) is 0 Å². The Morgan fingerprint density at radius 3 is 2.50 bits per heavy atom. The summed E-state index contributed by atoms with van der Waals surface area (Å²) >= 11 is 1.37. The van der Waals surface area contributed by atoms with Crippen LogP contribution in [0.1, 0.15) is 23.1 Å². The molecular formula is C18H18FN3O2S2. The van der Waals surface area contributed by atoms with E-state index in [1.54, 1.807) is 49.4 Å². The molecule has 3 rings (SSSR count). The lowest BCUT2D eigenvalue weighted by Crippen LogP contribution is -2.04. The van der Waals surface area contributed by atoms with Gasteiger partial charge in [-0.2, -0.15) is 0 Å². The standard InChI is InChI=1S/C18H18FN3O2S2/c1-2-26(23,24)15-9-7-13(8-10-15)12-20-18-22-21-17(25-18)11-14-5-3-4-6-16(14)19/h3-10H,2,11-12H2,1H3,(H,20,22). The molecule has 0 amide bonds. The van der Waals surface area contributed by atoms with Gasteiger partial charge in [0, 0.05) is 13.0 Å². The lowest BCUT2D eigenvalue weighted by Gasteiger charge is -2.05. The van der Waals surface area contributed by atoms with E-state index >= 15 is 0 Å². The Hall–Kier alpha value is -2.32. The molecule has 8 heteroatoms. The Morgan fingerprint density at radius 1 is 1.08 bits per heavy atom. The molecule has 0 fully saturated rings. The van der Waals surface area contributed by atoms with E-state index in [4.69, 9.17) is 0 Å². The van der Waals surface area contributed by atoms with Gasteiger partial charge in [-0.1, -0.05) is 48.6 Å². The van der Waals surface area contributed by atoms with Crippen LogP contribution in [0.5, 0.6) is 0 Å². The van der Waals surface area contributed by atoms with E-state index in [1.165, 1.54) is 17.4 Å². The molecule has 0 atom stereocenters. The van der Waals surface area contributed by atoms with Crippen molar-refractivity contribution in [3.63, 3.8) is 0 Å². The lowest BCUT2D eigenvalue weighted by molar-refractivity contribution is 0.597. The Balaban J connectivity index is 1.61. The second-order valence-electron chi connectivity index (χ2n) is 5.67. The minimum absolute atomic E-state index is 0.0835. The van der Waals surface area contributed by atoms with Crippen LogP contribution in [0, 0.1) is 5.82 Å². The van der Waals surface area contributed by atoms with E-state index in [0.29, 0.717) is 28.6 Å². The van der Waals surface area contributed by atoms with Crippen molar-refractivity contribution in [3.05, 3.63) is 70.5 Å². The summed E-state index contributed by atoms with van der Waals surface area (Å²) in [4.78, 5) is 0.326. The molecule has 26 heavy (non-hydrogen) atoms. The molecule has 3 aromatic rings. The van der Waals surface area contributed by atoms with Crippen LogP contribution in [0.3, 0.4) is 0 Å². The monoisotopic (exact) mass is 391 g/mol. The van der Waals surface area contributed by atoms with Gasteiger partial charge in [-0.15, -0.1) is 10.2 Å². The number of hydrogen-bond donors (Lipinski definition) is 1. The molecule has 0 saturated carbocycles. The third-order valence-electron chi connectivity index (χ3n) is 3.87. The summed E-state index contributed by atoms with van der Waals surface area (Å²) in [7, 11) is -3.18. The van der Waals surface area contributed by atoms with Gasteiger partial charge in [0.2, 0.25) is 5.13 Å². The highest BCUT2D eigenvalue weighted by Gasteiger charge is 2.11. The van der Waals surface area contributed by atoms with Crippen LogP contribution in [0.25, 0.3) is 0 Å². The van der Waals surface area contributed by atoms with Crippen molar-refractivity contribution in [2.75, 3.05) is 11.1 Å². The molecule has 0 aliphatic heterocycles. The second-order valence-corrected chi connectivity index (χ2v) is 9.01. The molecule has 5 nitrogen and oxygen atoms in total. The highest BCUT2D eigenvalue weighted by atomic mass is 32.2. The van der Waals surface area contributed by atoms with E-state index in [1.807, 2.05) is 0 Å². The van der Waals surface area contributed by atoms with Crippen LogP contribution in [0.4, 0.5) is 9.52 Å². The number of benzene rings is 2. The van der Waals surface area contributed by atoms with Crippen molar-refractivity contribution in [2.45, 2.75) is 24.8 Å². The van der Waals surface area contributed by atoms with Crippen molar-refractivity contribution in [1.29, 1.82) is 0 Å². The van der Waals surface area contributed by atoms with Gasteiger partial charge in [0.05, 0.1) is 10.6 Å². The number of hydrogen-bond acceptors (Lipinski definition) is 6. The molecule has 0 bridgehead atoms. The first-order valence-electron chi connectivity index (χ1n) is 8.09. The number of halogens is 1. The highest BCUT2D eigenvalue weighted by molar-refractivity contribution is 7.91. The fourth-order valence-corrected chi connectivity index (χ4v) is 4.00. The average molecular weight is 391 g/mol. The first-order chi connectivity index (χ1) is 12.5. The summed E-state index contributed by atoms with van der Waals surface area (Å²) in [6.07, 6.45) is 0.398. The summed E-state index contributed by atoms with van der Waals surface area (Å²) in [5.74, 6) is -0.167. The first kappa shape index (κ1) is 18.5. The number of anilines is 1. The number of rotatable bonds is 7. The summed E-state index contributed by atoms with van der Waals surface area (Å²) in [6, 6.07) is 13.4. The third-order valence-corrected chi connectivity index (χ3v) is 6.50. The van der Waals surface area contributed by atoms with Crippen molar-refractivity contribution >= 4 is 26.3 Å². The summed E-state index contributed by atoms with van der Waals surface area (Å²) in [6.45, 7) is 2.12. The van der Waals surface area contributed by atoms with Crippen LogP contribution >= 0.6 is 11.3 Å². The Kier molecular flexibility index (Phi) is 5.63. The normalized spacial score (nSPS) is 11.5. The van der Waals surface area contributed by atoms with Crippen LogP contribution in [0.2, 0.25) is 0 Å². The number of nitrogens with one attached hydrogen (secondary N) is 1. The predicted octanol–water partition coefficient (Wildman–Crippen LogP) is 3.67. The smallest absolute Gasteiger partial charge is 0.205 e. The van der Waals surface area contributed by atoms with Crippen LogP contribution in [-0.2, 0) is 22.8 Å². The quantitative estimate of drug-likeness (QED) is 0.665. The fourth-order valence-electron chi connectivity index (χ4n) is 2.36. The average Bonchev–Trinajstić information content (AvgIpc) is 3.10. The summed E-state index contributed by atoms with van der Waals surface area (Å²) in [5.41, 5.74) is 1.52. The Morgan fingerprint density at radius 2 is 1.81 bits per heavy atom. The maximum Gasteiger partial charge on any atom is 0.205 e. The van der Waals surface area contributed by atoms with E-state index in [9.17, 15) is 12.8 Å². The van der Waals surface area contributed by atoms with Crippen LogP contribution in [-0.4, -0.2) is 24.4 Å². The Bertz CT molecular complexity index is 986. The topological polar surface area (TPSA) is 72.0 Å². The summed E-state index contributed by atoms with van der Waals surface area (Å²) < 4.78 is 37.3. The van der Waals surface area contributed by atoms with Gasteiger partial charge >= 0.3 is 0 Å². The predicted molar refractivity (Wildman–Crippen MR) is 101 cm³/mol. The van der Waals surface area contributed by atoms with Gasteiger partial charge in [-0.25, -0.2) is 12.8 Å². The molecule has 0 spiro atoms. The van der Waals surface area contributed by atoms with Gasteiger partial charge in [0.1, 0.15) is 10.8 Å². The van der Waals surface area contributed by atoms with Crippen molar-refractivity contribution in [2.24, 2.45) is 0 Å². The molecule has 0 aliphatic rings. The molecular weight excluding hydrogens is 373 g/mol. The Labute approximate surface area is 155 Å². The molecule has 1 aromatic heterocycles. The molecule has 0 saturated heterocycles. The fraction of sp³-hybridized carbons (Fsp3) is 0.222. The molecule has 1 N–H and O–H groups in total. The maximum atomic E-state index is 13.7. The van der Waals surface area contributed by atoms with Gasteiger partial charge in [0.15, 0.2) is 9.84 Å².